The Hall–Kier alpha value is -3.70. The molecule has 166 valence electrons. The van der Waals surface area contributed by atoms with E-state index < -0.39 is 17.9 Å². The number of nitrogens with one attached hydrogen (secondary N) is 1. The molecule has 1 amide bonds. The lowest BCUT2D eigenvalue weighted by atomic mass is 9.93. The van der Waals surface area contributed by atoms with Gasteiger partial charge in [-0.15, -0.1) is 0 Å². The first-order valence-electron chi connectivity index (χ1n) is 10.3. The van der Waals surface area contributed by atoms with E-state index in [0.29, 0.717) is 31.6 Å². The van der Waals surface area contributed by atoms with Gasteiger partial charge in [0.15, 0.2) is 0 Å². The quantitative estimate of drug-likeness (QED) is 0.486. The first-order chi connectivity index (χ1) is 15.5. The van der Waals surface area contributed by atoms with E-state index in [1.54, 1.807) is 24.3 Å². The van der Waals surface area contributed by atoms with Crippen LogP contribution in [-0.4, -0.2) is 49.1 Å². The monoisotopic (exact) mass is 435 g/mol. The fraction of sp³-hybridized carbons (Fsp3) is 0.333. The van der Waals surface area contributed by atoms with Crippen LogP contribution in [-0.2, 0) is 25.6 Å². The van der Waals surface area contributed by atoms with Gasteiger partial charge in [-0.05, 0) is 35.6 Å². The predicted octanol–water partition coefficient (Wildman–Crippen LogP) is 2.77. The van der Waals surface area contributed by atoms with Crippen LogP contribution in [0.15, 0.2) is 53.7 Å². The van der Waals surface area contributed by atoms with Crippen molar-refractivity contribution in [2.45, 2.75) is 25.3 Å². The molecule has 2 aromatic rings. The molecule has 1 heterocycles. The number of benzene rings is 2. The zero-order chi connectivity index (χ0) is 22.9. The van der Waals surface area contributed by atoms with E-state index in [-0.39, 0.29) is 18.1 Å². The molecular weight excluding hydrogens is 410 g/mol. The molecule has 1 saturated heterocycles. The lowest BCUT2D eigenvalue weighted by Crippen LogP contribution is -2.47. The van der Waals surface area contributed by atoms with E-state index in [1.807, 2.05) is 24.3 Å². The van der Waals surface area contributed by atoms with Crippen molar-refractivity contribution >= 4 is 17.6 Å². The maximum Gasteiger partial charge on any atom is 0.326 e. The Morgan fingerprint density at radius 2 is 1.91 bits per heavy atom. The zero-order valence-corrected chi connectivity index (χ0v) is 17.8. The van der Waals surface area contributed by atoms with Gasteiger partial charge in [-0.2, -0.15) is 5.26 Å². The minimum absolute atomic E-state index is 0.106. The van der Waals surface area contributed by atoms with Crippen molar-refractivity contribution in [3.8, 4) is 17.2 Å². The molecule has 0 saturated carbocycles. The summed E-state index contributed by atoms with van der Waals surface area (Å²) in [5, 5.41) is 25.4. The number of nitrogens with zero attached hydrogens (tertiary/aromatic N) is 2. The molecule has 2 aromatic carbocycles. The van der Waals surface area contributed by atoms with Crippen LogP contribution in [0.5, 0.6) is 0 Å². The Bertz CT molecular complexity index is 1020. The van der Waals surface area contributed by atoms with Crippen LogP contribution in [0.4, 0.5) is 0 Å². The molecule has 1 aliphatic heterocycles. The van der Waals surface area contributed by atoms with E-state index in [1.165, 1.54) is 7.11 Å². The molecule has 1 atom stereocenters. The van der Waals surface area contributed by atoms with E-state index in [4.69, 9.17) is 9.57 Å². The van der Waals surface area contributed by atoms with Crippen molar-refractivity contribution in [3.05, 3.63) is 59.7 Å². The van der Waals surface area contributed by atoms with Crippen molar-refractivity contribution in [1.82, 2.24) is 5.32 Å². The fourth-order valence-electron chi connectivity index (χ4n) is 3.69. The molecule has 0 unspecified atom stereocenters. The third-order valence-corrected chi connectivity index (χ3v) is 5.39. The number of carbonyl (C=O) groups excluding carboxylic acids is 1. The third kappa shape index (κ3) is 5.71. The largest absolute Gasteiger partial charge is 0.480 e. The van der Waals surface area contributed by atoms with Gasteiger partial charge in [-0.25, -0.2) is 4.79 Å². The summed E-state index contributed by atoms with van der Waals surface area (Å²) < 4.78 is 5.32. The Kier molecular flexibility index (Phi) is 7.95. The van der Waals surface area contributed by atoms with E-state index in [0.717, 1.165) is 16.7 Å². The second-order valence-corrected chi connectivity index (χ2v) is 7.47. The van der Waals surface area contributed by atoms with Gasteiger partial charge in [0.05, 0.1) is 11.6 Å². The highest BCUT2D eigenvalue weighted by atomic mass is 16.6. The van der Waals surface area contributed by atoms with Crippen LogP contribution >= 0.6 is 0 Å². The van der Waals surface area contributed by atoms with Crippen molar-refractivity contribution in [3.63, 3.8) is 0 Å². The molecule has 1 fully saturated rings. The van der Waals surface area contributed by atoms with Crippen LogP contribution in [0.1, 0.15) is 24.0 Å². The smallest absolute Gasteiger partial charge is 0.326 e. The number of hydrogen-bond acceptors (Lipinski definition) is 6. The Morgan fingerprint density at radius 1 is 1.22 bits per heavy atom. The summed E-state index contributed by atoms with van der Waals surface area (Å²) >= 11 is 0. The lowest BCUT2D eigenvalue weighted by Gasteiger charge is -2.23. The number of ether oxygens (including phenoxy) is 1. The number of carboxylic acids is 1. The standard InChI is InChI=1S/C24H25N3O5/c1-31-27-22(18-10-12-32-13-11-18)23(28)26-21(24(29)30)14-16-6-8-17(9-7-16)20-5-3-2-4-19(20)15-25/h2-9,18,21H,10-14H2,1H3,(H,26,28)(H,29,30)/t21-/m0/s1. The predicted molar refractivity (Wildman–Crippen MR) is 118 cm³/mol. The van der Waals surface area contributed by atoms with Crippen LogP contribution < -0.4 is 5.32 Å². The maximum absolute atomic E-state index is 12.8. The van der Waals surface area contributed by atoms with Gasteiger partial charge in [0.25, 0.3) is 5.91 Å². The Morgan fingerprint density at radius 3 is 2.53 bits per heavy atom. The van der Waals surface area contributed by atoms with E-state index in [2.05, 4.69) is 16.5 Å². The highest BCUT2D eigenvalue weighted by Gasteiger charge is 2.29. The maximum atomic E-state index is 12.8. The van der Waals surface area contributed by atoms with Gasteiger partial charge in [-0.3, -0.25) is 4.79 Å². The molecular formula is C24H25N3O5. The summed E-state index contributed by atoms with van der Waals surface area (Å²) in [7, 11) is 1.35. The summed E-state index contributed by atoms with van der Waals surface area (Å²) in [4.78, 5) is 29.4. The highest BCUT2D eigenvalue weighted by molar-refractivity contribution is 6.39. The second-order valence-electron chi connectivity index (χ2n) is 7.47. The minimum Gasteiger partial charge on any atom is -0.480 e. The number of amides is 1. The van der Waals surface area contributed by atoms with Gasteiger partial charge < -0.3 is 20.0 Å². The summed E-state index contributed by atoms with van der Waals surface area (Å²) in [6.45, 7) is 1.04. The zero-order valence-electron chi connectivity index (χ0n) is 17.8. The number of carboxylic acid groups (broad SMARTS) is 1. The topological polar surface area (TPSA) is 121 Å². The average Bonchev–Trinajstić information content (AvgIpc) is 2.83. The van der Waals surface area contributed by atoms with Crippen LogP contribution in [0.2, 0.25) is 0 Å². The van der Waals surface area contributed by atoms with Gasteiger partial charge in [0.1, 0.15) is 18.9 Å². The van der Waals surface area contributed by atoms with Gasteiger partial charge in [0.2, 0.25) is 0 Å². The first-order valence-corrected chi connectivity index (χ1v) is 10.3. The van der Waals surface area contributed by atoms with E-state index >= 15 is 0 Å². The highest BCUT2D eigenvalue weighted by Crippen LogP contribution is 2.24. The second kappa shape index (κ2) is 11.1. The molecule has 0 aromatic heterocycles. The Labute approximate surface area is 186 Å². The van der Waals surface area contributed by atoms with Crippen LogP contribution in [0.3, 0.4) is 0 Å². The molecule has 0 bridgehead atoms. The third-order valence-electron chi connectivity index (χ3n) is 5.39. The molecule has 0 radical (unpaired) electrons. The summed E-state index contributed by atoms with van der Waals surface area (Å²) in [6.07, 6.45) is 1.35. The van der Waals surface area contributed by atoms with Crippen molar-refractivity contribution in [2.75, 3.05) is 20.3 Å². The summed E-state index contributed by atoms with van der Waals surface area (Å²) in [6, 6.07) is 15.6. The van der Waals surface area contributed by atoms with E-state index in [9.17, 15) is 20.0 Å². The SMILES string of the molecule is CON=C(C(=O)N[C@@H](Cc1ccc(-c2ccccc2C#N)cc1)C(=O)O)C1CCOCC1. The molecule has 8 nitrogen and oxygen atoms in total. The van der Waals surface area contributed by atoms with Gasteiger partial charge in [0, 0.05) is 25.6 Å². The molecule has 32 heavy (non-hydrogen) atoms. The molecule has 2 N–H and O–H groups in total. The van der Waals surface area contributed by atoms with Crippen molar-refractivity contribution in [1.29, 1.82) is 5.26 Å². The number of hydrogen-bond donors (Lipinski definition) is 2. The van der Waals surface area contributed by atoms with Crippen LogP contribution in [0, 0.1) is 17.2 Å². The molecule has 1 aliphatic rings. The lowest BCUT2D eigenvalue weighted by molar-refractivity contribution is -0.141. The number of oxime groups is 1. The average molecular weight is 435 g/mol. The molecule has 0 aliphatic carbocycles. The number of carbonyl (C=O) groups is 2. The number of rotatable bonds is 8. The summed E-state index contributed by atoms with van der Waals surface area (Å²) in [5.74, 6) is -1.83. The number of nitriles is 1. The fourth-order valence-corrected chi connectivity index (χ4v) is 3.69. The molecule has 8 heteroatoms. The van der Waals surface area contributed by atoms with Gasteiger partial charge in [-0.1, -0.05) is 47.6 Å². The van der Waals surface area contributed by atoms with Gasteiger partial charge >= 0.3 is 5.97 Å². The van der Waals surface area contributed by atoms with Crippen molar-refractivity contribution in [2.24, 2.45) is 11.1 Å². The first kappa shape index (κ1) is 23.0. The van der Waals surface area contributed by atoms with Crippen LogP contribution in [0.25, 0.3) is 11.1 Å². The Balaban J connectivity index is 1.72. The minimum atomic E-state index is -1.14. The number of aliphatic carboxylic acids is 1. The van der Waals surface area contributed by atoms with Crippen molar-refractivity contribution < 1.29 is 24.3 Å². The normalized spacial score (nSPS) is 15.4. The molecule has 0 spiro atoms. The summed E-state index contributed by atoms with van der Waals surface area (Å²) in [5.41, 5.74) is 3.16. The molecule has 3 rings (SSSR count).